The van der Waals surface area contributed by atoms with Gasteiger partial charge in [-0.2, -0.15) is 0 Å². The van der Waals surface area contributed by atoms with Crippen LogP contribution in [0.25, 0.3) is 11.1 Å². The molecule has 1 aliphatic carbocycles. The molecule has 0 unspecified atom stereocenters. The van der Waals surface area contributed by atoms with Crippen LogP contribution in [-0.2, 0) is 0 Å². The predicted molar refractivity (Wildman–Crippen MR) is 111 cm³/mol. The molecule has 1 saturated carbocycles. The van der Waals surface area contributed by atoms with Crippen molar-refractivity contribution in [3.05, 3.63) is 53.6 Å². The van der Waals surface area contributed by atoms with Gasteiger partial charge in [0.15, 0.2) is 0 Å². The number of aliphatic imine (C=N–C) groups is 1. The molecule has 0 radical (unpaired) electrons. The molecule has 3 rings (SSSR count). The van der Waals surface area contributed by atoms with Crippen LogP contribution in [0.4, 0.5) is 0 Å². The van der Waals surface area contributed by atoms with Gasteiger partial charge >= 0.3 is 0 Å². The second-order valence-corrected chi connectivity index (χ2v) is 7.87. The zero-order valence-corrected chi connectivity index (χ0v) is 16.4. The van der Waals surface area contributed by atoms with E-state index in [0.717, 1.165) is 16.9 Å². The maximum absolute atomic E-state index is 6.29. The van der Waals surface area contributed by atoms with Crippen LogP contribution < -0.4 is 4.74 Å². The van der Waals surface area contributed by atoms with Gasteiger partial charge in [0.25, 0.3) is 0 Å². The van der Waals surface area contributed by atoms with Crippen molar-refractivity contribution in [2.45, 2.75) is 58.9 Å². The Hall–Kier alpha value is -2.09. The molecule has 0 spiro atoms. The third-order valence-corrected chi connectivity index (χ3v) is 4.91. The highest BCUT2D eigenvalue weighted by molar-refractivity contribution is 5.89. The number of rotatable bonds is 6. The molecule has 0 aromatic heterocycles. The van der Waals surface area contributed by atoms with Crippen molar-refractivity contribution in [3.63, 3.8) is 0 Å². The minimum absolute atomic E-state index is 0.474. The summed E-state index contributed by atoms with van der Waals surface area (Å²) in [5.41, 5.74) is 4.71. The summed E-state index contributed by atoms with van der Waals surface area (Å²) in [6.07, 6.45) is 8.47. The zero-order valence-electron chi connectivity index (χ0n) is 16.4. The molecular weight excluding hydrogens is 318 g/mol. The lowest BCUT2D eigenvalue weighted by Crippen LogP contribution is -2.11. The molecule has 0 saturated heterocycles. The Morgan fingerprint density at radius 1 is 1.08 bits per heavy atom. The van der Waals surface area contributed by atoms with Crippen LogP contribution in [0.15, 0.2) is 47.5 Å². The van der Waals surface area contributed by atoms with Gasteiger partial charge in [0, 0.05) is 23.4 Å². The first kappa shape index (κ1) is 18.7. The number of aryl methyl sites for hydroxylation is 1. The first-order chi connectivity index (χ1) is 12.6. The van der Waals surface area contributed by atoms with E-state index in [0.29, 0.717) is 18.6 Å². The fraction of sp³-hybridized carbons (Fsp3) is 0.458. The van der Waals surface area contributed by atoms with Gasteiger partial charge in [-0.15, -0.1) is 0 Å². The Bertz CT molecular complexity index is 727. The lowest BCUT2D eigenvalue weighted by molar-refractivity contribution is 0.271. The molecule has 0 amide bonds. The van der Waals surface area contributed by atoms with Gasteiger partial charge in [-0.1, -0.05) is 63.4 Å². The summed E-state index contributed by atoms with van der Waals surface area (Å²) in [6, 6.07) is 15.4. The third-order valence-electron chi connectivity index (χ3n) is 4.91. The fourth-order valence-corrected chi connectivity index (χ4v) is 3.56. The highest BCUT2D eigenvalue weighted by Crippen LogP contribution is 2.34. The van der Waals surface area contributed by atoms with Crippen molar-refractivity contribution in [1.29, 1.82) is 0 Å². The molecule has 26 heavy (non-hydrogen) atoms. The largest absolute Gasteiger partial charge is 0.492 e. The van der Waals surface area contributed by atoms with E-state index in [-0.39, 0.29) is 0 Å². The molecule has 0 bridgehead atoms. The maximum atomic E-state index is 6.29. The Kier molecular flexibility index (Phi) is 6.49. The Morgan fingerprint density at radius 2 is 1.81 bits per heavy atom. The summed E-state index contributed by atoms with van der Waals surface area (Å²) in [5.74, 6) is 1.46. The fourth-order valence-electron chi connectivity index (χ4n) is 3.56. The molecule has 0 heterocycles. The SMILES string of the molecule is Cc1cc(/C=N/C2CCCCC2)c(OCC(C)C)c(-c2ccccc2)c1. The molecule has 1 fully saturated rings. The van der Waals surface area contributed by atoms with Crippen LogP contribution >= 0.6 is 0 Å². The van der Waals surface area contributed by atoms with Crippen molar-refractivity contribution in [1.82, 2.24) is 0 Å². The normalized spacial score (nSPS) is 15.7. The zero-order chi connectivity index (χ0) is 18.4. The van der Waals surface area contributed by atoms with E-state index in [4.69, 9.17) is 9.73 Å². The number of nitrogens with zero attached hydrogens (tertiary/aromatic N) is 1. The number of benzene rings is 2. The third kappa shape index (κ3) is 4.97. The molecule has 2 nitrogen and oxygen atoms in total. The maximum Gasteiger partial charge on any atom is 0.135 e. The monoisotopic (exact) mass is 349 g/mol. The van der Waals surface area contributed by atoms with E-state index < -0.39 is 0 Å². The molecule has 2 heteroatoms. The minimum Gasteiger partial charge on any atom is -0.492 e. The summed E-state index contributed by atoms with van der Waals surface area (Å²) < 4.78 is 6.29. The number of hydrogen-bond acceptors (Lipinski definition) is 2. The van der Waals surface area contributed by atoms with Gasteiger partial charge in [-0.3, -0.25) is 4.99 Å². The molecule has 138 valence electrons. The second kappa shape index (κ2) is 9.02. The van der Waals surface area contributed by atoms with Crippen molar-refractivity contribution in [2.75, 3.05) is 6.61 Å². The van der Waals surface area contributed by atoms with Crippen molar-refractivity contribution in [2.24, 2.45) is 10.9 Å². The van der Waals surface area contributed by atoms with Crippen molar-refractivity contribution in [3.8, 4) is 16.9 Å². The highest BCUT2D eigenvalue weighted by atomic mass is 16.5. The van der Waals surface area contributed by atoms with Gasteiger partial charge in [-0.25, -0.2) is 0 Å². The van der Waals surface area contributed by atoms with Crippen LogP contribution in [0.3, 0.4) is 0 Å². The van der Waals surface area contributed by atoms with E-state index in [2.05, 4.69) is 69.5 Å². The first-order valence-corrected chi connectivity index (χ1v) is 9.99. The predicted octanol–water partition coefficient (Wildman–Crippen LogP) is 6.45. The van der Waals surface area contributed by atoms with E-state index in [1.807, 2.05) is 0 Å². The molecule has 0 aliphatic heterocycles. The Balaban J connectivity index is 1.98. The molecule has 0 N–H and O–H groups in total. The highest BCUT2D eigenvalue weighted by Gasteiger charge is 2.15. The summed E-state index contributed by atoms with van der Waals surface area (Å²) in [5, 5.41) is 0. The number of hydrogen-bond donors (Lipinski definition) is 0. The smallest absolute Gasteiger partial charge is 0.135 e. The lowest BCUT2D eigenvalue weighted by Gasteiger charge is -2.19. The molecule has 2 aromatic carbocycles. The van der Waals surface area contributed by atoms with E-state index >= 15 is 0 Å². The van der Waals surface area contributed by atoms with Crippen molar-refractivity contribution < 1.29 is 4.74 Å². The van der Waals surface area contributed by atoms with Crippen LogP contribution in [-0.4, -0.2) is 18.9 Å². The minimum atomic E-state index is 0.474. The van der Waals surface area contributed by atoms with Gasteiger partial charge in [0.2, 0.25) is 0 Å². The van der Waals surface area contributed by atoms with Crippen LogP contribution in [0.5, 0.6) is 5.75 Å². The summed E-state index contributed by atoms with van der Waals surface area (Å²) in [4.78, 5) is 4.91. The molecule has 1 aliphatic rings. The second-order valence-electron chi connectivity index (χ2n) is 7.87. The topological polar surface area (TPSA) is 21.6 Å². The van der Waals surface area contributed by atoms with E-state index in [1.165, 1.54) is 43.2 Å². The summed E-state index contributed by atoms with van der Waals surface area (Å²) >= 11 is 0. The van der Waals surface area contributed by atoms with E-state index in [1.54, 1.807) is 0 Å². The molecule has 0 atom stereocenters. The van der Waals surface area contributed by atoms with Gasteiger partial charge in [0.05, 0.1) is 6.61 Å². The molecular formula is C24H31NO. The quantitative estimate of drug-likeness (QED) is 0.549. The lowest BCUT2D eigenvalue weighted by atomic mass is 9.95. The Labute approximate surface area is 158 Å². The number of ether oxygens (including phenoxy) is 1. The summed E-state index contributed by atoms with van der Waals surface area (Å²) in [6.45, 7) is 7.24. The standard InChI is InChI=1S/C24H31NO/c1-18(2)17-26-24-21(16-25-22-12-8-5-9-13-22)14-19(3)15-23(24)20-10-6-4-7-11-20/h4,6-7,10-11,14-16,18,22H,5,8-9,12-13,17H2,1-3H3/b25-16+. The van der Waals surface area contributed by atoms with Gasteiger partial charge in [0.1, 0.15) is 5.75 Å². The van der Waals surface area contributed by atoms with Crippen LogP contribution in [0.2, 0.25) is 0 Å². The van der Waals surface area contributed by atoms with E-state index in [9.17, 15) is 0 Å². The van der Waals surface area contributed by atoms with Crippen molar-refractivity contribution >= 4 is 6.21 Å². The van der Waals surface area contributed by atoms with Crippen LogP contribution in [0.1, 0.15) is 57.1 Å². The first-order valence-electron chi connectivity index (χ1n) is 9.99. The Morgan fingerprint density at radius 3 is 2.50 bits per heavy atom. The summed E-state index contributed by atoms with van der Waals surface area (Å²) in [7, 11) is 0. The average molecular weight is 350 g/mol. The average Bonchev–Trinajstić information content (AvgIpc) is 2.66. The van der Waals surface area contributed by atoms with Gasteiger partial charge < -0.3 is 4.74 Å². The van der Waals surface area contributed by atoms with Gasteiger partial charge in [-0.05, 0) is 48.9 Å². The molecule has 2 aromatic rings. The van der Waals surface area contributed by atoms with Crippen LogP contribution in [0, 0.1) is 12.8 Å².